The van der Waals surface area contributed by atoms with Gasteiger partial charge in [0, 0.05) is 17.6 Å². The Morgan fingerprint density at radius 1 is 0.914 bits per heavy atom. The van der Waals surface area contributed by atoms with Crippen LogP contribution in [-0.4, -0.2) is 23.9 Å². The van der Waals surface area contributed by atoms with Crippen molar-refractivity contribution in [1.29, 1.82) is 0 Å². The SMILES string of the molecule is CCc1ccc(NC(=O)Cn2cc(S(=O)(=O)c3ccc(CC)cc3)c(=O)c3ccc(C)nc32)cc1. The van der Waals surface area contributed by atoms with Crippen LogP contribution in [0.2, 0.25) is 0 Å². The molecule has 0 radical (unpaired) electrons. The molecule has 0 aliphatic rings. The van der Waals surface area contributed by atoms with Crippen molar-refractivity contribution in [2.24, 2.45) is 0 Å². The average molecular weight is 490 g/mol. The highest BCUT2D eigenvalue weighted by atomic mass is 32.2. The molecule has 2 heterocycles. The molecule has 0 fully saturated rings. The molecular formula is C27H27N3O4S. The van der Waals surface area contributed by atoms with Crippen LogP contribution in [0, 0.1) is 6.92 Å². The van der Waals surface area contributed by atoms with Crippen molar-refractivity contribution in [3.8, 4) is 0 Å². The van der Waals surface area contributed by atoms with Crippen molar-refractivity contribution < 1.29 is 13.2 Å². The Hall–Kier alpha value is -3.78. The van der Waals surface area contributed by atoms with E-state index in [2.05, 4.69) is 10.3 Å². The molecule has 0 unspecified atom stereocenters. The van der Waals surface area contributed by atoms with E-state index >= 15 is 0 Å². The van der Waals surface area contributed by atoms with Crippen LogP contribution in [0.5, 0.6) is 0 Å². The third-order valence-electron chi connectivity index (χ3n) is 5.92. The molecule has 4 aromatic rings. The van der Waals surface area contributed by atoms with Crippen molar-refractivity contribution in [2.75, 3.05) is 5.32 Å². The van der Waals surface area contributed by atoms with Gasteiger partial charge >= 0.3 is 0 Å². The molecule has 35 heavy (non-hydrogen) atoms. The quantitative estimate of drug-likeness (QED) is 0.417. The number of nitrogens with zero attached hydrogens (tertiary/aromatic N) is 2. The number of carbonyl (C=O) groups excluding carboxylic acids is 1. The zero-order valence-electron chi connectivity index (χ0n) is 19.9. The van der Waals surface area contributed by atoms with Crippen LogP contribution in [0.25, 0.3) is 11.0 Å². The lowest BCUT2D eigenvalue weighted by Gasteiger charge is -2.14. The molecule has 2 aromatic heterocycles. The second-order valence-electron chi connectivity index (χ2n) is 8.37. The maximum atomic E-state index is 13.4. The van der Waals surface area contributed by atoms with E-state index < -0.39 is 15.3 Å². The summed E-state index contributed by atoms with van der Waals surface area (Å²) in [5.41, 5.74) is 3.03. The molecule has 8 heteroatoms. The molecule has 1 amide bonds. The lowest BCUT2D eigenvalue weighted by atomic mass is 10.1. The van der Waals surface area contributed by atoms with Crippen LogP contribution in [0.1, 0.15) is 30.7 Å². The van der Waals surface area contributed by atoms with Crippen molar-refractivity contribution in [3.05, 3.63) is 93.9 Å². The fraction of sp³-hybridized carbons (Fsp3) is 0.222. The molecule has 0 bridgehead atoms. The average Bonchev–Trinajstić information content (AvgIpc) is 2.86. The number of hydrogen-bond acceptors (Lipinski definition) is 5. The summed E-state index contributed by atoms with van der Waals surface area (Å²) in [5, 5.41) is 2.96. The highest BCUT2D eigenvalue weighted by molar-refractivity contribution is 7.91. The second-order valence-corrected chi connectivity index (χ2v) is 10.3. The van der Waals surface area contributed by atoms with E-state index in [1.807, 2.05) is 38.1 Å². The van der Waals surface area contributed by atoms with E-state index in [-0.39, 0.29) is 33.3 Å². The predicted octanol–water partition coefficient (Wildman–Crippen LogP) is 4.30. The number of fused-ring (bicyclic) bond motifs is 1. The van der Waals surface area contributed by atoms with Gasteiger partial charge in [-0.3, -0.25) is 9.59 Å². The summed E-state index contributed by atoms with van der Waals surface area (Å²) < 4.78 is 28.3. The van der Waals surface area contributed by atoms with Crippen LogP contribution in [0.15, 0.2) is 81.4 Å². The van der Waals surface area contributed by atoms with E-state index in [1.54, 1.807) is 31.2 Å². The number of aryl methyl sites for hydroxylation is 3. The minimum absolute atomic E-state index is 0.0261. The fourth-order valence-corrected chi connectivity index (χ4v) is 5.22. The standard InChI is InChI=1S/C27H27N3O4S/c1-4-19-7-11-21(12-8-19)29-25(31)17-30-16-24(26(32)23-15-6-18(3)28-27(23)30)35(33,34)22-13-9-20(5-2)10-14-22/h6-16H,4-5,17H2,1-3H3,(H,29,31). The Morgan fingerprint density at radius 3 is 2.11 bits per heavy atom. The molecule has 0 spiro atoms. The Morgan fingerprint density at radius 2 is 1.51 bits per heavy atom. The number of hydrogen-bond donors (Lipinski definition) is 1. The topological polar surface area (TPSA) is 98.1 Å². The molecule has 180 valence electrons. The first-order valence-corrected chi connectivity index (χ1v) is 12.9. The summed E-state index contributed by atoms with van der Waals surface area (Å²) >= 11 is 0. The summed E-state index contributed by atoms with van der Waals surface area (Å²) in [6.07, 6.45) is 2.88. The van der Waals surface area contributed by atoms with Gasteiger partial charge in [0.15, 0.2) is 0 Å². The lowest BCUT2D eigenvalue weighted by molar-refractivity contribution is -0.116. The smallest absolute Gasteiger partial charge is 0.244 e. The van der Waals surface area contributed by atoms with Crippen molar-refractivity contribution in [1.82, 2.24) is 9.55 Å². The summed E-state index contributed by atoms with van der Waals surface area (Å²) in [6, 6.07) is 17.2. The van der Waals surface area contributed by atoms with Crippen LogP contribution in [-0.2, 0) is 34.0 Å². The molecule has 0 atom stereocenters. The van der Waals surface area contributed by atoms with Gasteiger partial charge in [0.1, 0.15) is 17.1 Å². The summed E-state index contributed by atoms with van der Waals surface area (Å²) in [7, 11) is -4.11. The third-order valence-corrected chi connectivity index (χ3v) is 7.68. The van der Waals surface area contributed by atoms with Crippen molar-refractivity contribution in [2.45, 2.75) is 49.9 Å². The number of rotatable bonds is 7. The lowest BCUT2D eigenvalue weighted by Crippen LogP contribution is -2.24. The number of nitrogens with one attached hydrogen (secondary N) is 1. The Balaban J connectivity index is 1.77. The van der Waals surface area contributed by atoms with E-state index in [4.69, 9.17) is 0 Å². The first-order chi connectivity index (χ1) is 16.7. The molecule has 2 aromatic carbocycles. The Labute approximate surface area is 204 Å². The van der Waals surface area contributed by atoms with Gasteiger partial charge in [0.25, 0.3) is 0 Å². The number of anilines is 1. The number of sulfone groups is 1. The van der Waals surface area contributed by atoms with E-state index in [0.29, 0.717) is 11.4 Å². The van der Waals surface area contributed by atoms with Crippen LogP contribution >= 0.6 is 0 Å². The van der Waals surface area contributed by atoms with Crippen molar-refractivity contribution >= 4 is 32.5 Å². The minimum atomic E-state index is -4.11. The summed E-state index contributed by atoms with van der Waals surface area (Å²) in [4.78, 5) is 30.2. The first kappa shape index (κ1) is 24.3. The zero-order chi connectivity index (χ0) is 25.2. The van der Waals surface area contributed by atoms with Gasteiger partial charge in [0.05, 0.1) is 10.3 Å². The Kier molecular flexibility index (Phi) is 6.84. The van der Waals surface area contributed by atoms with Crippen LogP contribution in [0.3, 0.4) is 0 Å². The monoisotopic (exact) mass is 489 g/mol. The molecule has 0 aliphatic carbocycles. The number of pyridine rings is 2. The number of amides is 1. The summed E-state index contributed by atoms with van der Waals surface area (Å²) in [5.74, 6) is -0.363. The minimum Gasteiger partial charge on any atom is -0.325 e. The molecule has 1 N–H and O–H groups in total. The van der Waals surface area contributed by atoms with E-state index in [1.165, 1.54) is 22.9 Å². The van der Waals surface area contributed by atoms with E-state index in [0.717, 1.165) is 24.0 Å². The van der Waals surface area contributed by atoms with Crippen molar-refractivity contribution in [3.63, 3.8) is 0 Å². The molecule has 4 rings (SSSR count). The molecule has 7 nitrogen and oxygen atoms in total. The highest BCUT2D eigenvalue weighted by Crippen LogP contribution is 2.22. The molecule has 0 saturated heterocycles. The first-order valence-electron chi connectivity index (χ1n) is 11.5. The largest absolute Gasteiger partial charge is 0.325 e. The second kappa shape index (κ2) is 9.84. The summed E-state index contributed by atoms with van der Waals surface area (Å²) in [6.45, 7) is 5.58. The fourth-order valence-electron chi connectivity index (χ4n) is 3.86. The van der Waals surface area contributed by atoms with Gasteiger partial charge in [-0.2, -0.15) is 0 Å². The highest BCUT2D eigenvalue weighted by Gasteiger charge is 2.25. The van der Waals surface area contributed by atoms with Gasteiger partial charge in [-0.15, -0.1) is 0 Å². The number of benzene rings is 2. The van der Waals surface area contributed by atoms with Gasteiger partial charge in [-0.05, 0) is 67.3 Å². The molecular weight excluding hydrogens is 462 g/mol. The maximum absolute atomic E-state index is 13.4. The van der Waals surface area contributed by atoms with Gasteiger partial charge in [-0.1, -0.05) is 38.1 Å². The molecule has 0 aliphatic heterocycles. The zero-order valence-corrected chi connectivity index (χ0v) is 20.7. The van der Waals surface area contributed by atoms with Crippen LogP contribution in [0.4, 0.5) is 5.69 Å². The van der Waals surface area contributed by atoms with E-state index in [9.17, 15) is 18.0 Å². The maximum Gasteiger partial charge on any atom is 0.244 e. The Bertz CT molecular complexity index is 1560. The molecule has 0 saturated carbocycles. The van der Waals surface area contributed by atoms with Crippen LogP contribution < -0.4 is 10.7 Å². The third kappa shape index (κ3) is 5.02. The predicted molar refractivity (Wildman–Crippen MR) is 136 cm³/mol. The normalized spacial score (nSPS) is 11.5. The van der Waals surface area contributed by atoms with Gasteiger partial charge in [0.2, 0.25) is 21.2 Å². The number of aromatic nitrogens is 2. The van der Waals surface area contributed by atoms with Gasteiger partial charge < -0.3 is 9.88 Å². The number of carbonyl (C=O) groups is 1. The van der Waals surface area contributed by atoms with Gasteiger partial charge in [-0.25, -0.2) is 13.4 Å².